The molecule has 2 rings (SSSR count). The fraction of sp³-hybridized carbons (Fsp3) is 0.417. The van der Waals surface area contributed by atoms with Gasteiger partial charge in [-0.1, -0.05) is 79.3 Å². The van der Waals surface area contributed by atoms with Crippen LogP contribution in [-0.4, -0.2) is 35.1 Å². The number of nitrogens with zero attached hydrogens (tertiary/aromatic N) is 1. The monoisotopic (exact) mass is 514 g/mol. The number of amides is 2. The van der Waals surface area contributed by atoms with E-state index in [1.165, 1.54) is 11.8 Å². The first-order valence-electron chi connectivity index (χ1n) is 10.7. The first-order valence-corrected chi connectivity index (χ1v) is 13.0. The maximum Gasteiger partial charge on any atom is 0.242 e. The van der Waals surface area contributed by atoms with Gasteiger partial charge in [-0.25, -0.2) is 0 Å². The number of nitrogens with one attached hydrogen (secondary N) is 1. The van der Waals surface area contributed by atoms with Crippen molar-refractivity contribution in [2.75, 3.05) is 12.3 Å². The highest BCUT2D eigenvalue weighted by Gasteiger charge is 2.29. The summed E-state index contributed by atoms with van der Waals surface area (Å²) in [5.74, 6) is 0.515. The molecule has 0 fully saturated rings. The maximum absolute atomic E-state index is 13.3. The topological polar surface area (TPSA) is 49.4 Å². The summed E-state index contributed by atoms with van der Waals surface area (Å²) in [7, 11) is 0. The summed E-state index contributed by atoms with van der Waals surface area (Å²) in [6, 6.07) is 12.2. The fourth-order valence-corrected chi connectivity index (χ4v) is 4.94. The Morgan fingerprint density at radius 3 is 2.28 bits per heavy atom. The van der Waals surface area contributed by atoms with Crippen LogP contribution < -0.4 is 5.32 Å². The van der Waals surface area contributed by atoms with E-state index in [0.717, 1.165) is 18.4 Å². The molecule has 0 aliphatic carbocycles. The van der Waals surface area contributed by atoms with E-state index in [2.05, 4.69) is 12.2 Å². The van der Waals surface area contributed by atoms with Gasteiger partial charge in [0.25, 0.3) is 0 Å². The zero-order chi connectivity index (χ0) is 23.5. The molecule has 0 aliphatic heterocycles. The molecule has 0 radical (unpaired) electrons. The summed E-state index contributed by atoms with van der Waals surface area (Å²) in [6.07, 6.45) is 2.36. The minimum absolute atomic E-state index is 0.143. The van der Waals surface area contributed by atoms with Crippen LogP contribution in [0.1, 0.15) is 44.2 Å². The van der Waals surface area contributed by atoms with E-state index in [4.69, 9.17) is 34.8 Å². The molecule has 0 heterocycles. The zero-order valence-corrected chi connectivity index (χ0v) is 21.5. The molecule has 1 N–H and O–H groups in total. The number of rotatable bonds is 12. The van der Waals surface area contributed by atoms with E-state index < -0.39 is 6.04 Å². The molecular formula is C24H29Cl3N2O2S. The Morgan fingerprint density at radius 1 is 1.00 bits per heavy atom. The van der Waals surface area contributed by atoms with Crippen LogP contribution in [0.3, 0.4) is 0 Å². The molecule has 32 heavy (non-hydrogen) atoms. The third kappa shape index (κ3) is 7.87. The van der Waals surface area contributed by atoms with Crippen LogP contribution in [0.2, 0.25) is 15.1 Å². The Labute approximate surface area is 210 Å². The van der Waals surface area contributed by atoms with Crippen molar-refractivity contribution >= 4 is 58.4 Å². The second-order valence-electron chi connectivity index (χ2n) is 7.37. The van der Waals surface area contributed by atoms with Gasteiger partial charge in [-0.2, -0.15) is 0 Å². The quantitative estimate of drug-likeness (QED) is 0.324. The standard InChI is InChI=1S/C24H29Cl3N2O2S/c1-3-5-13-28-24(31)22(4-2)29(14-18-20(26)11-8-12-21(18)27)23(30)16-32-15-17-9-6-7-10-19(17)25/h6-12,22H,3-5,13-16H2,1-2H3,(H,28,31). The molecule has 1 atom stereocenters. The minimum Gasteiger partial charge on any atom is -0.354 e. The van der Waals surface area contributed by atoms with Crippen LogP contribution in [0.25, 0.3) is 0 Å². The Kier molecular flexibility index (Phi) is 11.7. The molecule has 0 saturated carbocycles. The first kappa shape index (κ1) is 26.8. The Bertz CT molecular complexity index is 890. The molecule has 0 spiro atoms. The molecule has 0 saturated heterocycles. The molecule has 2 amide bonds. The van der Waals surface area contributed by atoms with Gasteiger partial charge in [0.2, 0.25) is 11.8 Å². The van der Waals surface area contributed by atoms with E-state index in [-0.39, 0.29) is 24.1 Å². The third-order valence-corrected chi connectivity index (χ3v) is 7.09. The van der Waals surface area contributed by atoms with Crippen molar-refractivity contribution in [3.05, 3.63) is 68.7 Å². The lowest BCUT2D eigenvalue weighted by atomic mass is 10.1. The highest BCUT2D eigenvalue weighted by molar-refractivity contribution is 7.99. The fourth-order valence-electron chi connectivity index (χ4n) is 3.23. The lowest BCUT2D eigenvalue weighted by Gasteiger charge is -2.31. The molecule has 2 aromatic carbocycles. The predicted octanol–water partition coefficient (Wildman–Crippen LogP) is 6.60. The van der Waals surface area contributed by atoms with Gasteiger partial charge in [-0.15, -0.1) is 11.8 Å². The second kappa shape index (κ2) is 14.0. The summed E-state index contributed by atoms with van der Waals surface area (Å²) >= 11 is 20.4. The van der Waals surface area contributed by atoms with Gasteiger partial charge in [-0.3, -0.25) is 9.59 Å². The van der Waals surface area contributed by atoms with Crippen LogP contribution >= 0.6 is 46.6 Å². The Morgan fingerprint density at radius 2 is 1.66 bits per heavy atom. The SMILES string of the molecule is CCCCNC(=O)C(CC)N(Cc1c(Cl)cccc1Cl)C(=O)CSCc1ccccc1Cl. The van der Waals surface area contributed by atoms with Crippen molar-refractivity contribution in [2.24, 2.45) is 0 Å². The lowest BCUT2D eigenvalue weighted by molar-refractivity contribution is -0.139. The summed E-state index contributed by atoms with van der Waals surface area (Å²) < 4.78 is 0. The highest BCUT2D eigenvalue weighted by atomic mass is 35.5. The average Bonchev–Trinajstić information content (AvgIpc) is 2.77. The lowest BCUT2D eigenvalue weighted by Crippen LogP contribution is -2.49. The van der Waals surface area contributed by atoms with Crippen LogP contribution in [0.5, 0.6) is 0 Å². The minimum atomic E-state index is -0.604. The van der Waals surface area contributed by atoms with E-state index in [1.807, 2.05) is 31.2 Å². The van der Waals surface area contributed by atoms with Gasteiger partial charge in [0, 0.05) is 39.5 Å². The number of thioether (sulfide) groups is 1. The van der Waals surface area contributed by atoms with Gasteiger partial charge in [0.1, 0.15) is 6.04 Å². The zero-order valence-electron chi connectivity index (χ0n) is 18.4. The van der Waals surface area contributed by atoms with Gasteiger partial charge in [0.15, 0.2) is 0 Å². The first-order chi connectivity index (χ1) is 15.4. The van der Waals surface area contributed by atoms with Crippen molar-refractivity contribution in [3.63, 3.8) is 0 Å². The van der Waals surface area contributed by atoms with Crippen molar-refractivity contribution in [1.29, 1.82) is 0 Å². The summed E-state index contributed by atoms with van der Waals surface area (Å²) in [6.45, 7) is 4.72. The number of hydrogen-bond acceptors (Lipinski definition) is 3. The van der Waals surface area contributed by atoms with Gasteiger partial charge in [-0.05, 0) is 36.6 Å². The van der Waals surface area contributed by atoms with Crippen LogP contribution in [0.15, 0.2) is 42.5 Å². The largest absolute Gasteiger partial charge is 0.354 e. The third-order valence-electron chi connectivity index (χ3n) is 5.05. The second-order valence-corrected chi connectivity index (χ2v) is 9.58. The van der Waals surface area contributed by atoms with Crippen molar-refractivity contribution in [1.82, 2.24) is 10.2 Å². The molecule has 8 heteroatoms. The summed E-state index contributed by atoms with van der Waals surface area (Å²) in [5.41, 5.74) is 1.61. The predicted molar refractivity (Wildman–Crippen MR) is 137 cm³/mol. The average molecular weight is 516 g/mol. The molecule has 4 nitrogen and oxygen atoms in total. The molecule has 0 aliphatic rings. The normalized spacial score (nSPS) is 11.8. The molecule has 0 bridgehead atoms. The van der Waals surface area contributed by atoms with Crippen LogP contribution in [-0.2, 0) is 21.9 Å². The van der Waals surface area contributed by atoms with E-state index in [0.29, 0.717) is 39.3 Å². The Balaban J connectivity index is 2.18. The highest BCUT2D eigenvalue weighted by Crippen LogP contribution is 2.28. The molecular weight excluding hydrogens is 487 g/mol. The smallest absolute Gasteiger partial charge is 0.242 e. The number of hydrogen-bond donors (Lipinski definition) is 1. The summed E-state index contributed by atoms with van der Waals surface area (Å²) in [5, 5.41) is 4.57. The van der Waals surface area contributed by atoms with Crippen molar-refractivity contribution < 1.29 is 9.59 Å². The molecule has 1 unspecified atom stereocenters. The van der Waals surface area contributed by atoms with Crippen molar-refractivity contribution in [3.8, 4) is 0 Å². The number of unbranched alkanes of at least 4 members (excludes halogenated alkanes) is 1. The Hall–Kier alpha value is -1.40. The number of carbonyl (C=O) groups excluding carboxylic acids is 2. The number of carbonyl (C=O) groups is 2. The van der Waals surface area contributed by atoms with Gasteiger partial charge >= 0.3 is 0 Å². The van der Waals surface area contributed by atoms with E-state index in [1.54, 1.807) is 23.1 Å². The van der Waals surface area contributed by atoms with Crippen LogP contribution in [0.4, 0.5) is 0 Å². The van der Waals surface area contributed by atoms with E-state index in [9.17, 15) is 9.59 Å². The molecule has 174 valence electrons. The number of halogens is 3. The summed E-state index contributed by atoms with van der Waals surface area (Å²) in [4.78, 5) is 27.8. The maximum atomic E-state index is 13.3. The van der Waals surface area contributed by atoms with E-state index >= 15 is 0 Å². The van der Waals surface area contributed by atoms with Gasteiger partial charge in [0.05, 0.1) is 5.75 Å². The van der Waals surface area contributed by atoms with Crippen molar-refractivity contribution in [2.45, 2.75) is 51.4 Å². The molecule has 0 aromatic heterocycles. The van der Waals surface area contributed by atoms with Crippen LogP contribution in [0, 0.1) is 0 Å². The van der Waals surface area contributed by atoms with Gasteiger partial charge < -0.3 is 10.2 Å². The number of benzene rings is 2. The molecule has 2 aromatic rings.